The second-order valence-corrected chi connectivity index (χ2v) is 6.46. The van der Waals surface area contributed by atoms with E-state index in [-0.39, 0.29) is 5.97 Å². The molecule has 0 amide bonds. The fraction of sp³-hybridized carbons (Fsp3) is 0.240. The number of hydrogen-bond acceptors (Lipinski definition) is 2. The molecule has 0 aromatic heterocycles. The third-order valence-electron chi connectivity index (χ3n) is 4.38. The van der Waals surface area contributed by atoms with Gasteiger partial charge in [-0.3, -0.25) is 0 Å². The minimum absolute atomic E-state index is 0.283. The summed E-state index contributed by atoms with van der Waals surface area (Å²) >= 11 is 0. The Morgan fingerprint density at radius 1 is 0.926 bits per heavy atom. The maximum Gasteiger partial charge on any atom is 0.338 e. The van der Waals surface area contributed by atoms with Crippen molar-refractivity contribution in [1.29, 1.82) is 0 Å². The van der Waals surface area contributed by atoms with E-state index >= 15 is 0 Å². The predicted octanol–water partition coefficient (Wildman–Crippen LogP) is 6.17. The first-order chi connectivity index (χ1) is 13.3. The van der Waals surface area contributed by atoms with Crippen LogP contribution < -0.4 is 0 Å². The second-order valence-electron chi connectivity index (χ2n) is 6.46. The topological polar surface area (TPSA) is 26.3 Å². The van der Waals surface area contributed by atoms with Crippen LogP contribution in [-0.4, -0.2) is 12.6 Å². The number of allylic oxidation sites excluding steroid dienone is 4. The van der Waals surface area contributed by atoms with Crippen LogP contribution in [0.4, 0.5) is 0 Å². The van der Waals surface area contributed by atoms with Crippen molar-refractivity contribution < 1.29 is 9.53 Å². The third-order valence-corrected chi connectivity index (χ3v) is 4.38. The summed E-state index contributed by atoms with van der Waals surface area (Å²) in [6.45, 7) is 4.04. The Labute approximate surface area is 162 Å². The van der Waals surface area contributed by atoms with Crippen LogP contribution in [-0.2, 0) is 11.2 Å². The molecule has 0 fully saturated rings. The lowest BCUT2D eigenvalue weighted by Gasteiger charge is -2.13. The maximum atomic E-state index is 11.9. The molecule has 27 heavy (non-hydrogen) atoms. The molecule has 0 spiro atoms. The first-order valence-electron chi connectivity index (χ1n) is 9.48. The van der Waals surface area contributed by atoms with Crippen molar-refractivity contribution in [2.75, 3.05) is 6.61 Å². The molecule has 2 nitrogen and oxygen atoms in total. The number of rotatable bonds is 11. The molecule has 0 aliphatic heterocycles. The van der Waals surface area contributed by atoms with Crippen LogP contribution in [0.1, 0.15) is 35.2 Å². The van der Waals surface area contributed by atoms with Gasteiger partial charge >= 0.3 is 5.97 Å². The summed E-state index contributed by atoms with van der Waals surface area (Å²) in [7, 11) is 0. The molecule has 1 unspecified atom stereocenters. The van der Waals surface area contributed by atoms with Crippen LogP contribution in [0.3, 0.4) is 0 Å². The van der Waals surface area contributed by atoms with Crippen LogP contribution in [0.2, 0.25) is 0 Å². The molecular weight excluding hydrogens is 332 g/mol. The molecule has 140 valence electrons. The number of ether oxygens (including phenoxy) is 1. The van der Waals surface area contributed by atoms with E-state index in [2.05, 4.69) is 43.0 Å². The van der Waals surface area contributed by atoms with Crippen LogP contribution in [0.5, 0.6) is 0 Å². The van der Waals surface area contributed by atoms with Gasteiger partial charge in [-0.25, -0.2) is 4.79 Å². The standard InChI is InChI=1S/C25H28O2/c1-2-3-6-13-22(19-20-23-14-7-4-8-15-23)16-11-12-21-27-25(26)24-17-9-5-10-18-24/h2-12,14-15,17-18,22H,1,13,16,19-21H2/b6-3+,12-11+. The smallest absolute Gasteiger partial charge is 0.338 e. The van der Waals surface area contributed by atoms with Gasteiger partial charge in [0.2, 0.25) is 0 Å². The highest BCUT2D eigenvalue weighted by molar-refractivity contribution is 5.89. The van der Waals surface area contributed by atoms with E-state index in [9.17, 15) is 4.79 Å². The van der Waals surface area contributed by atoms with Gasteiger partial charge in [-0.15, -0.1) is 0 Å². The minimum Gasteiger partial charge on any atom is -0.458 e. The molecule has 2 aromatic rings. The van der Waals surface area contributed by atoms with Crippen molar-refractivity contribution in [3.63, 3.8) is 0 Å². The molecule has 0 heterocycles. The van der Waals surface area contributed by atoms with E-state index < -0.39 is 0 Å². The summed E-state index contributed by atoms with van der Waals surface area (Å²) in [5, 5.41) is 0. The molecule has 0 aliphatic rings. The molecule has 0 bridgehead atoms. The van der Waals surface area contributed by atoms with Gasteiger partial charge in [0.1, 0.15) is 6.61 Å². The van der Waals surface area contributed by atoms with Gasteiger partial charge in [0.25, 0.3) is 0 Å². The molecule has 0 radical (unpaired) electrons. The van der Waals surface area contributed by atoms with Crippen LogP contribution in [0.25, 0.3) is 0 Å². The summed E-state index contributed by atoms with van der Waals surface area (Å²) in [5.74, 6) is 0.275. The maximum absolute atomic E-state index is 11.9. The predicted molar refractivity (Wildman–Crippen MR) is 113 cm³/mol. The van der Waals surface area contributed by atoms with Gasteiger partial charge in [0.15, 0.2) is 0 Å². The zero-order valence-electron chi connectivity index (χ0n) is 15.8. The fourth-order valence-corrected chi connectivity index (χ4v) is 2.85. The zero-order valence-corrected chi connectivity index (χ0v) is 15.8. The van der Waals surface area contributed by atoms with Gasteiger partial charge in [-0.1, -0.05) is 85.5 Å². The lowest BCUT2D eigenvalue weighted by molar-refractivity contribution is 0.0549. The molecule has 0 saturated heterocycles. The Kier molecular flexibility index (Phi) is 9.45. The van der Waals surface area contributed by atoms with Crippen LogP contribution in [0.15, 0.2) is 97.6 Å². The van der Waals surface area contributed by atoms with E-state index in [1.165, 1.54) is 5.56 Å². The Hall–Kier alpha value is -2.87. The summed E-state index contributed by atoms with van der Waals surface area (Å²) in [5.41, 5.74) is 1.96. The van der Waals surface area contributed by atoms with Crippen molar-refractivity contribution in [3.05, 3.63) is 109 Å². The molecule has 2 rings (SSSR count). The van der Waals surface area contributed by atoms with Gasteiger partial charge in [-0.2, -0.15) is 0 Å². The average molecular weight is 360 g/mol. The van der Waals surface area contributed by atoms with Gasteiger partial charge < -0.3 is 4.74 Å². The quantitative estimate of drug-likeness (QED) is 0.272. The normalized spacial score (nSPS) is 12.3. The fourth-order valence-electron chi connectivity index (χ4n) is 2.85. The number of esters is 1. The minimum atomic E-state index is -0.283. The van der Waals surface area contributed by atoms with Gasteiger partial charge in [-0.05, 0) is 49.3 Å². The van der Waals surface area contributed by atoms with Crippen LogP contribution in [0, 0.1) is 5.92 Å². The van der Waals surface area contributed by atoms with E-state index in [0.29, 0.717) is 18.1 Å². The SMILES string of the molecule is C=C/C=C/CC(C/C=C/COC(=O)c1ccccc1)CCc1ccccc1. The van der Waals surface area contributed by atoms with E-state index in [1.807, 2.05) is 42.5 Å². The molecule has 2 aromatic carbocycles. The van der Waals surface area contributed by atoms with Crippen molar-refractivity contribution in [1.82, 2.24) is 0 Å². The number of hydrogen-bond donors (Lipinski definition) is 0. The average Bonchev–Trinajstić information content (AvgIpc) is 2.72. The lowest BCUT2D eigenvalue weighted by atomic mass is 9.93. The monoisotopic (exact) mass is 360 g/mol. The molecule has 0 saturated carbocycles. The number of carbonyl (C=O) groups is 1. The summed E-state index contributed by atoms with van der Waals surface area (Å²) in [6, 6.07) is 19.6. The number of carbonyl (C=O) groups excluding carboxylic acids is 1. The first-order valence-corrected chi connectivity index (χ1v) is 9.48. The molecule has 1 atom stereocenters. The lowest BCUT2D eigenvalue weighted by Crippen LogP contribution is -2.05. The summed E-state index contributed by atoms with van der Waals surface area (Å²) in [6.07, 6.45) is 14.2. The summed E-state index contributed by atoms with van der Waals surface area (Å²) in [4.78, 5) is 11.9. The van der Waals surface area contributed by atoms with Crippen molar-refractivity contribution in [3.8, 4) is 0 Å². The van der Waals surface area contributed by atoms with Crippen molar-refractivity contribution in [2.45, 2.75) is 25.7 Å². The molecular formula is C25H28O2. The Morgan fingerprint density at radius 2 is 1.59 bits per heavy atom. The van der Waals surface area contributed by atoms with E-state index in [1.54, 1.807) is 12.1 Å². The first kappa shape index (κ1) is 20.4. The summed E-state index contributed by atoms with van der Waals surface area (Å²) < 4.78 is 5.28. The Balaban J connectivity index is 1.77. The third kappa shape index (κ3) is 8.37. The zero-order chi connectivity index (χ0) is 19.2. The van der Waals surface area contributed by atoms with Crippen molar-refractivity contribution in [2.24, 2.45) is 5.92 Å². The van der Waals surface area contributed by atoms with E-state index in [0.717, 1.165) is 25.7 Å². The molecule has 0 aliphatic carbocycles. The largest absolute Gasteiger partial charge is 0.458 e. The number of benzene rings is 2. The molecule has 2 heteroatoms. The highest BCUT2D eigenvalue weighted by atomic mass is 16.5. The molecule has 0 N–H and O–H groups in total. The highest BCUT2D eigenvalue weighted by Crippen LogP contribution is 2.18. The highest BCUT2D eigenvalue weighted by Gasteiger charge is 2.07. The Morgan fingerprint density at radius 3 is 2.30 bits per heavy atom. The van der Waals surface area contributed by atoms with Crippen molar-refractivity contribution >= 4 is 5.97 Å². The van der Waals surface area contributed by atoms with Gasteiger partial charge in [0, 0.05) is 0 Å². The van der Waals surface area contributed by atoms with E-state index in [4.69, 9.17) is 4.74 Å². The van der Waals surface area contributed by atoms with Crippen LogP contribution >= 0.6 is 0 Å². The number of aryl methyl sites for hydroxylation is 1. The second kappa shape index (κ2) is 12.5. The Bertz CT molecular complexity index is 729. The van der Waals surface area contributed by atoms with Gasteiger partial charge in [0.05, 0.1) is 5.56 Å².